The number of ether oxygens (including phenoxy) is 1. The summed E-state index contributed by atoms with van der Waals surface area (Å²) in [6.07, 6.45) is 2.32. The number of rotatable bonds is 1. The van der Waals surface area contributed by atoms with Crippen LogP contribution in [0.4, 0.5) is 5.69 Å². The highest BCUT2D eigenvalue weighted by molar-refractivity contribution is 5.56. The summed E-state index contributed by atoms with van der Waals surface area (Å²) in [5.41, 5.74) is 2.09. The van der Waals surface area contributed by atoms with Crippen LogP contribution in [0.15, 0.2) is 18.2 Å². The molecule has 1 aliphatic heterocycles. The van der Waals surface area contributed by atoms with Gasteiger partial charge in [0.05, 0.1) is 0 Å². The molecule has 18 heavy (non-hydrogen) atoms. The zero-order valence-corrected chi connectivity index (χ0v) is 11.2. The third kappa shape index (κ3) is 5.08. The van der Waals surface area contributed by atoms with E-state index >= 15 is 0 Å². The number of aryl methyl sites for hydroxylation is 1. The van der Waals surface area contributed by atoms with Crippen molar-refractivity contribution in [2.24, 2.45) is 0 Å². The van der Waals surface area contributed by atoms with Crippen LogP contribution in [0.5, 0.6) is 5.75 Å². The molecule has 0 fully saturated rings. The summed E-state index contributed by atoms with van der Waals surface area (Å²) in [7, 11) is 0. The van der Waals surface area contributed by atoms with E-state index in [1.54, 1.807) is 12.1 Å². The maximum Gasteiger partial charge on any atom is 0.293 e. The van der Waals surface area contributed by atoms with E-state index in [2.05, 4.69) is 10.1 Å². The van der Waals surface area contributed by atoms with Crippen LogP contribution >= 0.6 is 0 Å². The highest BCUT2D eigenvalue weighted by Gasteiger charge is 2.08. The number of carbonyl (C=O) groups excluding carboxylic acids is 1. The van der Waals surface area contributed by atoms with Crippen LogP contribution in [0.1, 0.15) is 32.8 Å². The Balaban J connectivity index is 0.000000203. The first-order valence-corrected chi connectivity index (χ1v) is 6.09. The molecule has 0 saturated carbocycles. The van der Waals surface area contributed by atoms with Gasteiger partial charge in [-0.2, -0.15) is 0 Å². The minimum atomic E-state index is -0.318. The standard InChI is InChI=1S/C9H11NO.C5H10O2/c11-8-4-3-7-2-1-5-10-9(7)6-8;1-5(2,3)7-4-6/h3-4,6,10-11H,1-2,5H2;4H,1-3H3. The van der Waals surface area contributed by atoms with Crippen LogP contribution in [-0.2, 0) is 16.0 Å². The van der Waals surface area contributed by atoms with Gasteiger partial charge in [0, 0.05) is 18.3 Å². The molecule has 0 saturated heterocycles. The number of anilines is 1. The van der Waals surface area contributed by atoms with Crippen molar-refractivity contribution in [1.82, 2.24) is 0 Å². The molecule has 1 aromatic rings. The molecule has 0 radical (unpaired) electrons. The Bertz CT molecular complexity index is 397. The predicted octanol–water partition coefficient (Wildman–Crippen LogP) is 2.71. The number of nitrogens with one attached hydrogen (secondary N) is 1. The van der Waals surface area contributed by atoms with Gasteiger partial charge in [0.15, 0.2) is 0 Å². The summed E-state index contributed by atoms with van der Waals surface area (Å²) in [5, 5.41) is 12.4. The first kappa shape index (κ1) is 14.4. The van der Waals surface area contributed by atoms with Crippen LogP contribution in [-0.4, -0.2) is 23.7 Å². The lowest BCUT2D eigenvalue weighted by Gasteiger charge is -2.17. The molecule has 1 aliphatic rings. The van der Waals surface area contributed by atoms with Gasteiger partial charge in [-0.25, -0.2) is 0 Å². The molecule has 0 atom stereocenters. The Morgan fingerprint density at radius 3 is 2.67 bits per heavy atom. The molecule has 0 amide bonds. The third-order valence-electron chi connectivity index (χ3n) is 2.43. The highest BCUT2D eigenvalue weighted by Crippen LogP contribution is 2.25. The Kier molecular flexibility index (Phi) is 5.01. The van der Waals surface area contributed by atoms with Crippen LogP contribution in [0.25, 0.3) is 0 Å². The first-order valence-electron chi connectivity index (χ1n) is 6.09. The molecular formula is C14H21NO3. The monoisotopic (exact) mass is 251 g/mol. The molecule has 100 valence electrons. The van der Waals surface area contributed by atoms with Gasteiger partial charge in [-0.15, -0.1) is 0 Å². The zero-order valence-electron chi connectivity index (χ0n) is 11.2. The molecule has 2 rings (SSSR count). The number of phenolic OH excluding ortho intramolecular Hbond substituents is 1. The molecule has 0 aliphatic carbocycles. The van der Waals surface area contributed by atoms with Crippen molar-refractivity contribution in [3.63, 3.8) is 0 Å². The highest BCUT2D eigenvalue weighted by atomic mass is 16.5. The number of carbonyl (C=O) groups is 1. The van der Waals surface area contributed by atoms with Crippen molar-refractivity contribution >= 4 is 12.2 Å². The van der Waals surface area contributed by atoms with Gasteiger partial charge in [0.1, 0.15) is 11.4 Å². The Morgan fingerprint density at radius 2 is 2.11 bits per heavy atom. The molecular weight excluding hydrogens is 230 g/mol. The Labute approximate surface area is 108 Å². The smallest absolute Gasteiger partial charge is 0.293 e. The van der Waals surface area contributed by atoms with Crippen molar-refractivity contribution < 1.29 is 14.6 Å². The van der Waals surface area contributed by atoms with Gasteiger partial charge in [-0.3, -0.25) is 4.79 Å². The van der Waals surface area contributed by atoms with E-state index in [0.29, 0.717) is 12.2 Å². The van der Waals surface area contributed by atoms with Gasteiger partial charge in [0.2, 0.25) is 0 Å². The fourth-order valence-electron chi connectivity index (χ4n) is 1.59. The van der Waals surface area contributed by atoms with Gasteiger partial charge < -0.3 is 15.2 Å². The molecule has 0 bridgehead atoms. The van der Waals surface area contributed by atoms with E-state index in [0.717, 1.165) is 18.7 Å². The van der Waals surface area contributed by atoms with Crippen LogP contribution < -0.4 is 5.32 Å². The molecule has 1 aromatic carbocycles. The minimum absolute atomic E-state index is 0.318. The maximum atomic E-state index is 9.60. The molecule has 4 heteroatoms. The van der Waals surface area contributed by atoms with Crippen molar-refractivity contribution in [3.05, 3.63) is 23.8 Å². The summed E-state index contributed by atoms with van der Waals surface area (Å²) in [6, 6.07) is 5.51. The van der Waals surface area contributed by atoms with E-state index in [1.165, 1.54) is 12.0 Å². The SMILES string of the molecule is CC(C)(C)OC=O.Oc1ccc2c(c1)NCCC2. The second kappa shape index (κ2) is 6.28. The van der Waals surface area contributed by atoms with Crippen molar-refractivity contribution in [2.75, 3.05) is 11.9 Å². The summed E-state index contributed by atoms with van der Waals surface area (Å²) in [5.74, 6) is 0.346. The molecule has 2 N–H and O–H groups in total. The average molecular weight is 251 g/mol. The largest absolute Gasteiger partial charge is 0.508 e. The lowest BCUT2D eigenvalue weighted by Crippen LogP contribution is -2.17. The molecule has 0 aromatic heterocycles. The van der Waals surface area contributed by atoms with E-state index in [-0.39, 0.29) is 5.60 Å². The topological polar surface area (TPSA) is 58.6 Å². The second-order valence-electron chi connectivity index (χ2n) is 5.20. The summed E-state index contributed by atoms with van der Waals surface area (Å²) in [6.45, 7) is 6.95. The van der Waals surface area contributed by atoms with Gasteiger partial charge in [-0.05, 0) is 45.2 Å². The summed E-state index contributed by atoms with van der Waals surface area (Å²) in [4.78, 5) is 9.60. The first-order chi connectivity index (χ1) is 8.42. The number of phenols is 1. The number of aromatic hydroxyl groups is 1. The number of hydrogen-bond acceptors (Lipinski definition) is 4. The molecule has 1 heterocycles. The number of hydrogen-bond donors (Lipinski definition) is 2. The minimum Gasteiger partial charge on any atom is -0.508 e. The van der Waals surface area contributed by atoms with Crippen molar-refractivity contribution in [2.45, 2.75) is 39.2 Å². The Hall–Kier alpha value is -1.71. The fraction of sp³-hybridized carbons (Fsp3) is 0.500. The molecule has 4 nitrogen and oxygen atoms in total. The molecule has 0 spiro atoms. The third-order valence-corrected chi connectivity index (χ3v) is 2.43. The number of fused-ring (bicyclic) bond motifs is 1. The predicted molar refractivity (Wildman–Crippen MR) is 71.8 cm³/mol. The average Bonchev–Trinajstić information content (AvgIpc) is 2.28. The summed E-state index contributed by atoms with van der Waals surface area (Å²) >= 11 is 0. The summed E-state index contributed by atoms with van der Waals surface area (Å²) < 4.78 is 4.55. The normalized spacial score (nSPS) is 13.5. The fourth-order valence-corrected chi connectivity index (χ4v) is 1.59. The van der Waals surface area contributed by atoms with Crippen LogP contribution in [0.3, 0.4) is 0 Å². The molecule has 0 unspecified atom stereocenters. The maximum absolute atomic E-state index is 9.60. The lowest BCUT2D eigenvalue weighted by atomic mass is 10.0. The quantitative estimate of drug-likeness (QED) is 0.753. The van der Waals surface area contributed by atoms with Gasteiger partial charge in [0.25, 0.3) is 6.47 Å². The van der Waals surface area contributed by atoms with Crippen molar-refractivity contribution in [1.29, 1.82) is 0 Å². The van der Waals surface area contributed by atoms with E-state index in [1.807, 2.05) is 26.8 Å². The van der Waals surface area contributed by atoms with Gasteiger partial charge in [-0.1, -0.05) is 6.07 Å². The Morgan fingerprint density at radius 1 is 1.39 bits per heavy atom. The van der Waals surface area contributed by atoms with Gasteiger partial charge >= 0.3 is 0 Å². The van der Waals surface area contributed by atoms with E-state index in [9.17, 15) is 4.79 Å². The van der Waals surface area contributed by atoms with E-state index < -0.39 is 0 Å². The van der Waals surface area contributed by atoms with Crippen LogP contribution in [0, 0.1) is 0 Å². The second-order valence-corrected chi connectivity index (χ2v) is 5.20. The zero-order chi connectivity index (χ0) is 13.6. The lowest BCUT2D eigenvalue weighted by molar-refractivity contribution is -0.138. The van der Waals surface area contributed by atoms with E-state index in [4.69, 9.17) is 5.11 Å². The number of benzene rings is 1. The van der Waals surface area contributed by atoms with Crippen molar-refractivity contribution in [3.8, 4) is 5.75 Å². The van der Waals surface area contributed by atoms with Crippen LogP contribution in [0.2, 0.25) is 0 Å².